The van der Waals surface area contributed by atoms with E-state index in [9.17, 15) is 13.2 Å². The summed E-state index contributed by atoms with van der Waals surface area (Å²) in [5.74, 6) is -0.0174. The summed E-state index contributed by atoms with van der Waals surface area (Å²) in [6.45, 7) is 7.64. The Hall–Kier alpha value is -1.44. The topological polar surface area (TPSA) is 83.7 Å². The van der Waals surface area contributed by atoms with Gasteiger partial charge in [-0.2, -0.15) is 4.31 Å². The third kappa shape index (κ3) is 3.91. The van der Waals surface area contributed by atoms with Crippen LogP contribution in [0.3, 0.4) is 0 Å². The fourth-order valence-electron chi connectivity index (χ4n) is 2.68. The number of amides is 1. The SMILES string of the molecule is CC(C)c1ccc(S(=O)(=O)N2CCN([C@@H](C)C(N)=O)CC2)cc1. The number of piperazine rings is 1. The van der Waals surface area contributed by atoms with Gasteiger partial charge in [0.2, 0.25) is 15.9 Å². The molecule has 2 N–H and O–H groups in total. The van der Waals surface area contributed by atoms with Gasteiger partial charge in [0.1, 0.15) is 0 Å². The maximum Gasteiger partial charge on any atom is 0.243 e. The Morgan fingerprint density at radius 3 is 2.00 bits per heavy atom. The molecule has 0 aliphatic carbocycles. The zero-order valence-corrected chi connectivity index (χ0v) is 14.7. The number of carbonyl (C=O) groups excluding carboxylic acids is 1. The van der Waals surface area contributed by atoms with Crippen molar-refractivity contribution in [3.63, 3.8) is 0 Å². The second-order valence-electron chi connectivity index (χ2n) is 6.24. The van der Waals surface area contributed by atoms with Crippen molar-refractivity contribution in [1.82, 2.24) is 9.21 Å². The molecule has 1 fully saturated rings. The molecule has 1 saturated heterocycles. The average Bonchev–Trinajstić information content (AvgIpc) is 2.54. The van der Waals surface area contributed by atoms with Gasteiger partial charge in [0.25, 0.3) is 0 Å². The molecule has 1 atom stereocenters. The molecule has 1 amide bonds. The lowest BCUT2D eigenvalue weighted by Gasteiger charge is -2.36. The van der Waals surface area contributed by atoms with E-state index in [0.29, 0.717) is 37.0 Å². The van der Waals surface area contributed by atoms with Crippen LogP contribution in [-0.4, -0.2) is 55.8 Å². The van der Waals surface area contributed by atoms with E-state index in [2.05, 4.69) is 13.8 Å². The van der Waals surface area contributed by atoms with Crippen LogP contribution in [0.2, 0.25) is 0 Å². The normalized spacial score (nSPS) is 19.0. The van der Waals surface area contributed by atoms with Gasteiger partial charge < -0.3 is 5.73 Å². The minimum Gasteiger partial charge on any atom is -0.368 e. The zero-order chi connectivity index (χ0) is 17.2. The zero-order valence-electron chi connectivity index (χ0n) is 13.9. The highest BCUT2D eigenvalue weighted by Gasteiger charge is 2.31. The highest BCUT2D eigenvalue weighted by Crippen LogP contribution is 2.21. The molecule has 23 heavy (non-hydrogen) atoms. The van der Waals surface area contributed by atoms with E-state index in [0.717, 1.165) is 5.56 Å². The molecule has 6 nitrogen and oxygen atoms in total. The van der Waals surface area contributed by atoms with Gasteiger partial charge in [0.05, 0.1) is 10.9 Å². The minimum absolute atomic E-state index is 0.318. The molecule has 2 rings (SSSR count). The van der Waals surface area contributed by atoms with Crippen molar-refractivity contribution >= 4 is 15.9 Å². The number of rotatable bonds is 5. The summed E-state index contributed by atoms with van der Waals surface area (Å²) in [7, 11) is -3.48. The molecule has 0 aromatic heterocycles. The van der Waals surface area contributed by atoms with E-state index >= 15 is 0 Å². The maximum absolute atomic E-state index is 12.7. The third-order valence-electron chi connectivity index (χ3n) is 4.42. The summed E-state index contributed by atoms with van der Waals surface area (Å²) in [5, 5.41) is 0. The molecule has 7 heteroatoms. The van der Waals surface area contributed by atoms with E-state index in [1.54, 1.807) is 19.1 Å². The molecule has 0 bridgehead atoms. The van der Waals surface area contributed by atoms with Crippen LogP contribution < -0.4 is 5.73 Å². The largest absolute Gasteiger partial charge is 0.368 e. The molecule has 1 aromatic rings. The van der Waals surface area contributed by atoms with Crippen molar-refractivity contribution in [3.05, 3.63) is 29.8 Å². The molecule has 0 radical (unpaired) electrons. The summed E-state index contributed by atoms with van der Waals surface area (Å²) >= 11 is 0. The van der Waals surface area contributed by atoms with Crippen molar-refractivity contribution in [3.8, 4) is 0 Å². The predicted molar refractivity (Wildman–Crippen MR) is 89.5 cm³/mol. The van der Waals surface area contributed by atoms with Crippen LogP contribution in [0, 0.1) is 0 Å². The Bertz CT molecular complexity index is 648. The number of carbonyl (C=O) groups is 1. The van der Waals surface area contributed by atoms with Gasteiger partial charge in [-0.05, 0) is 30.5 Å². The first-order chi connectivity index (χ1) is 10.7. The Morgan fingerprint density at radius 2 is 1.57 bits per heavy atom. The number of hydrogen-bond donors (Lipinski definition) is 1. The highest BCUT2D eigenvalue weighted by atomic mass is 32.2. The van der Waals surface area contributed by atoms with Gasteiger partial charge in [0.15, 0.2) is 0 Å². The summed E-state index contributed by atoms with van der Waals surface area (Å²) < 4.78 is 26.9. The van der Waals surface area contributed by atoms with E-state index < -0.39 is 10.0 Å². The molecule has 0 spiro atoms. The summed E-state index contributed by atoms with van der Waals surface area (Å²) in [6.07, 6.45) is 0. The minimum atomic E-state index is -3.48. The lowest BCUT2D eigenvalue weighted by atomic mass is 10.0. The lowest BCUT2D eigenvalue weighted by molar-refractivity contribution is -0.123. The van der Waals surface area contributed by atoms with E-state index in [-0.39, 0.29) is 11.9 Å². The van der Waals surface area contributed by atoms with Crippen LogP contribution in [-0.2, 0) is 14.8 Å². The van der Waals surface area contributed by atoms with Gasteiger partial charge in [-0.1, -0.05) is 26.0 Å². The number of hydrogen-bond acceptors (Lipinski definition) is 4. The van der Waals surface area contributed by atoms with Crippen LogP contribution in [0.25, 0.3) is 0 Å². The van der Waals surface area contributed by atoms with Gasteiger partial charge in [-0.15, -0.1) is 0 Å². The molecule has 1 heterocycles. The Kier molecular flexibility index (Phi) is 5.44. The van der Waals surface area contributed by atoms with Gasteiger partial charge in [0, 0.05) is 26.2 Å². The van der Waals surface area contributed by atoms with E-state index in [1.807, 2.05) is 17.0 Å². The second-order valence-corrected chi connectivity index (χ2v) is 8.18. The number of benzene rings is 1. The predicted octanol–water partition coefficient (Wildman–Crippen LogP) is 0.990. The first-order valence-corrected chi connectivity index (χ1v) is 9.31. The van der Waals surface area contributed by atoms with Crippen molar-refractivity contribution < 1.29 is 13.2 Å². The quantitative estimate of drug-likeness (QED) is 0.867. The number of nitrogens with zero attached hydrogens (tertiary/aromatic N) is 2. The lowest BCUT2D eigenvalue weighted by Crippen LogP contribution is -2.54. The number of nitrogens with two attached hydrogens (primary N) is 1. The van der Waals surface area contributed by atoms with Crippen LogP contribution in [0.5, 0.6) is 0 Å². The van der Waals surface area contributed by atoms with Gasteiger partial charge >= 0.3 is 0 Å². The van der Waals surface area contributed by atoms with Crippen LogP contribution in [0.15, 0.2) is 29.2 Å². The Balaban J connectivity index is 2.08. The monoisotopic (exact) mass is 339 g/mol. The number of primary amides is 1. The van der Waals surface area contributed by atoms with Crippen molar-refractivity contribution in [2.24, 2.45) is 5.73 Å². The second kappa shape index (κ2) is 6.98. The van der Waals surface area contributed by atoms with E-state index in [4.69, 9.17) is 5.73 Å². The van der Waals surface area contributed by atoms with Gasteiger partial charge in [-0.3, -0.25) is 9.69 Å². The Morgan fingerprint density at radius 1 is 1.04 bits per heavy atom. The molecule has 1 aromatic carbocycles. The summed E-state index contributed by atoms with van der Waals surface area (Å²) in [5.41, 5.74) is 6.42. The fourth-order valence-corrected chi connectivity index (χ4v) is 4.11. The fraction of sp³-hybridized carbons (Fsp3) is 0.562. The highest BCUT2D eigenvalue weighted by molar-refractivity contribution is 7.89. The molecule has 128 valence electrons. The molecule has 1 aliphatic heterocycles. The standard InChI is InChI=1S/C16H25N3O3S/c1-12(2)14-4-6-15(7-5-14)23(21,22)19-10-8-18(9-11-19)13(3)16(17)20/h4-7,12-13H,8-11H2,1-3H3,(H2,17,20)/t13-/m0/s1. The van der Waals surface area contributed by atoms with Crippen molar-refractivity contribution in [2.75, 3.05) is 26.2 Å². The first-order valence-electron chi connectivity index (χ1n) is 7.87. The van der Waals surface area contributed by atoms with Crippen molar-refractivity contribution in [2.45, 2.75) is 37.6 Å². The molecule has 1 aliphatic rings. The molecular formula is C16H25N3O3S. The summed E-state index contributed by atoms with van der Waals surface area (Å²) in [6, 6.07) is 6.70. The third-order valence-corrected chi connectivity index (χ3v) is 6.33. The van der Waals surface area contributed by atoms with E-state index in [1.165, 1.54) is 4.31 Å². The molecule has 0 unspecified atom stereocenters. The molecular weight excluding hydrogens is 314 g/mol. The average molecular weight is 339 g/mol. The van der Waals surface area contributed by atoms with Crippen LogP contribution in [0.1, 0.15) is 32.3 Å². The summed E-state index contributed by atoms with van der Waals surface area (Å²) in [4.78, 5) is 13.5. The molecule has 0 saturated carbocycles. The first kappa shape index (κ1) is 17.9. The smallest absolute Gasteiger partial charge is 0.243 e. The van der Waals surface area contributed by atoms with Crippen molar-refractivity contribution in [1.29, 1.82) is 0 Å². The van der Waals surface area contributed by atoms with Gasteiger partial charge in [-0.25, -0.2) is 8.42 Å². The number of sulfonamides is 1. The van der Waals surface area contributed by atoms with Crippen LogP contribution in [0.4, 0.5) is 0 Å². The maximum atomic E-state index is 12.7. The van der Waals surface area contributed by atoms with Crippen LogP contribution >= 0.6 is 0 Å². The Labute approximate surface area is 138 Å².